The fraction of sp³-hybridized carbons (Fsp3) is 0.316. The van der Waals surface area contributed by atoms with Crippen molar-refractivity contribution in [2.24, 2.45) is 5.92 Å². The van der Waals surface area contributed by atoms with Gasteiger partial charge >= 0.3 is 0 Å². The Morgan fingerprint density at radius 3 is 2.52 bits per heavy atom. The Morgan fingerprint density at radius 1 is 1.16 bits per heavy atom. The average molecular weight is 358 g/mol. The van der Waals surface area contributed by atoms with Crippen LogP contribution in [0.1, 0.15) is 28.8 Å². The van der Waals surface area contributed by atoms with Crippen molar-refractivity contribution in [3.8, 4) is 0 Å². The zero-order chi connectivity index (χ0) is 17.6. The van der Waals surface area contributed by atoms with Crippen LogP contribution in [-0.4, -0.2) is 34.8 Å². The molecule has 6 heteroatoms. The number of likely N-dealkylation sites (tertiary alicyclic amines) is 1. The summed E-state index contributed by atoms with van der Waals surface area (Å²) < 4.78 is 0. The summed E-state index contributed by atoms with van der Waals surface area (Å²) in [5.74, 6) is -0.0146. The van der Waals surface area contributed by atoms with Crippen molar-refractivity contribution in [3.63, 3.8) is 0 Å². The topological polar surface area (TPSA) is 62.3 Å². The van der Waals surface area contributed by atoms with E-state index >= 15 is 0 Å². The lowest BCUT2D eigenvalue weighted by Crippen LogP contribution is -2.42. The van der Waals surface area contributed by atoms with Gasteiger partial charge in [0.1, 0.15) is 0 Å². The number of nitrogens with one attached hydrogen (secondary N) is 1. The van der Waals surface area contributed by atoms with Gasteiger partial charge in [-0.2, -0.15) is 0 Å². The first-order valence-electron chi connectivity index (χ1n) is 8.35. The van der Waals surface area contributed by atoms with Crippen LogP contribution in [-0.2, 0) is 11.3 Å². The molecule has 1 aromatic heterocycles. The maximum atomic E-state index is 12.5. The van der Waals surface area contributed by atoms with E-state index in [0.29, 0.717) is 43.1 Å². The zero-order valence-electron chi connectivity index (χ0n) is 13.8. The van der Waals surface area contributed by atoms with E-state index in [1.54, 1.807) is 41.6 Å². The number of piperidine rings is 1. The first-order chi connectivity index (χ1) is 12.1. The molecule has 0 spiro atoms. The Labute approximate surface area is 152 Å². The molecule has 1 fully saturated rings. The largest absolute Gasteiger partial charge is 0.352 e. The van der Waals surface area contributed by atoms with Gasteiger partial charge in [0.15, 0.2) is 0 Å². The molecule has 0 unspecified atom stereocenters. The lowest BCUT2D eigenvalue weighted by molar-refractivity contribution is -0.126. The second-order valence-corrected chi connectivity index (χ2v) is 6.59. The number of benzene rings is 1. The third kappa shape index (κ3) is 4.57. The molecule has 1 N–H and O–H groups in total. The molecule has 1 aliphatic rings. The smallest absolute Gasteiger partial charge is 0.253 e. The van der Waals surface area contributed by atoms with E-state index in [-0.39, 0.29) is 17.7 Å². The summed E-state index contributed by atoms with van der Waals surface area (Å²) in [7, 11) is 0. The van der Waals surface area contributed by atoms with Gasteiger partial charge in [-0.15, -0.1) is 0 Å². The molecule has 2 aromatic rings. The van der Waals surface area contributed by atoms with Crippen LogP contribution < -0.4 is 5.32 Å². The van der Waals surface area contributed by atoms with E-state index in [4.69, 9.17) is 11.6 Å². The molecule has 2 amide bonds. The molecule has 130 valence electrons. The summed E-state index contributed by atoms with van der Waals surface area (Å²) in [6, 6.07) is 10.7. The Bertz CT molecular complexity index is 726. The van der Waals surface area contributed by atoms with Crippen molar-refractivity contribution in [2.45, 2.75) is 19.4 Å². The van der Waals surface area contributed by atoms with Crippen molar-refractivity contribution in [1.82, 2.24) is 15.2 Å². The summed E-state index contributed by atoms with van der Waals surface area (Å²) in [5, 5.41) is 3.57. The van der Waals surface area contributed by atoms with Crippen LogP contribution in [0.3, 0.4) is 0 Å². The minimum atomic E-state index is -0.0501. The maximum absolute atomic E-state index is 12.5. The highest BCUT2D eigenvalue weighted by Gasteiger charge is 2.27. The molecule has 2 heterocycles. The number of carbonyl (C=O) groups is 2. The third-order valence-electron chi connectivity index (χ3n) is 4.43. The fourth-order valence-electron chi connectivity index (χ4n) is 2.96. The number of hydrogen-bond donors (Lipinski definition) is 1. The Balaban J connectivity index is 1.48. The number of nitrogens with zero attached hydrogens (tertiary/aromatic N) is 2. The SMILES string of the molecule is O=C(NCc1cccnc1)C1CCN(C(=O)c2ccc(Cl)cc2)CC1. The van der Waals surface area contributed by atoms with Gasteiger partial charge in [-0.25, -0.2) is 0 Å². The van der Waals surface area contributed by atoms with Crippen molar-refractivity contribution in [2.75, 3.05) is 13.1 Å². The van der Waals surface area contributed by atoms with Crippen LogP contribution in [0.2, 0.25) is 5.02 Å². The maximum Gasteiger partial charge on any atom is 0.253 e. The van der Waals surface area contributed by atoms with Crippen molar-refractivity contribution in [1.29, 1.82) is 0 Å². The van der Waals surface area contributed by atoms with Crippen LogP contribution in [0.15, 0.2) is 48.8 Å². The predicted molar refractivity (Wildman–Crippen MR) is 96.2 cm³/mol. The average Bonchev–Trinajstić information content (AvgIpc) is 2.67. The zero-order valence-corrected chi connectivity index (χ0v) is 14.6. The highest BCUT2D eigenvalue weighted by Crippen LogP contribution is 2.20. The van der Waals surface area contributed by atoms with Crippen molar-refractivity contribution >= 4 is 23.4 Å². The second kappa shape index (κ2) is 8.12. The summed E-state index contributed by atoms with van der Waals surface area (Å²) in [6.07, 6.45) is 4.81. The minimum absolute atomic E-state index is 0.00844. The van der Waals surface area contributed by atoms with E-state index in [1.165, 1.54) is 0 Å². The van der Waals surface area contributed by atoms with Crippen molar-refractivity contribution < 1.29 is 9.59 Å². The number of hydrogen-bond acceptors (Lipinski definition) is 3. The summed E-state index contributed by atoms with van der Waals surface area (Å²) in [5.41, 5.74) is 1.61. The molecule has 3 rings (SSSR count). The summed E-state index contributed by atoms with van der Waals surface area (Å²) in [4.78, 5) is 30.6. The number of amides is 2. The highest BCUT2D eigenvalue weighted by atomic mass is 35.5. The summed E-state index contributed by atoms with van der Waals surface area (Å²) in [6.45, 7) is 1.66. The molecule has 1 aromatic carbocycles. The number of aromatic nitrogens is 1. The fourth-order valence-corrected chi connectivity index (χ4v) is 3.08. The Morgan fingerprint density at radius 2 is 1.88 bits per heavy atom. The quantitative estimate of drug-likeness (QED) is 0.915. The lowest BCUT2D eigenvalue weighted by Gasteiger charge is -2.31. The third-order valence-corrected chi connectivity index (χ3v) is 4.69. The van der Waals surface area contributed by atoms with E-state index in [1.807, 2.05) is 12.1 Å². The minimum Gasteiger partial charge on any atom is -0.352 e. The molecule has 5 nitrogen and oxygen atoms in total. The van der Waals surface area contributed by atoms with Crippen LogP contribution >= 0.6 is 11.6 Å². The van der Waals surface area contributed by atoms with Gasteiger partial charge in [0, 0.05) is 48.5 Å². The van der Waals surface area contributed by atoms with Gasteiger partial charge in [0.2, 0.25) is 5.91 Å². The number of pyridine rings is 1. The molecule has 0 saturated carbocycles. The first-order valence-corrected chi connectivity index (χ1v) is 8.73. The molecule has 0 bridgehead atoms. The van der Waals surface area contributed by atoms with E-state index in [2.05, 4.69) is 10.3 Å². The van der Waals surface area contributed by atoms with Gasteiger partial charge in [-0.05, 0) is 48.7 Å². The van der Waals surface area contributed by atoms with Gasteiger partial charge in [-0.3, -0.25) is 14.6 Å². The van der Waals surface area contributed by atoms with E-state index < -0.39 is 0 Å². The molecular weight excluding hydrogens is 338 g/mol. The second-order valence-electron chi connectivity index (χ2n) is 6.15. The number of carbonyl (C=O) groups excluding carboxylic acids is 2. The molecule has 0 aliphatic carbocycles. The molecule has 1 aliphatic heterocycles. The Hall–Kier alpha value is -2.40. The van der Waals surface area contributed by atoms with Gasteiger partial charge in [0.25, 0.3) is 5.91 Å². The molecule has 25 heavy (non-hydrogen) atoms. The predicted octanol–water partition coefficient (Wildman–Crippen LogP) is 2.90. The molecule has 1 saturated heterocycles. The van der Waals surface area contributed by atoms with Crippen LogP contribution in [0.5, 0.6) is 0 Å². The Kier molecular flexibility index (Phi) is 5.66. The highest BCUT2D eigenvalue weighted by molar-refractivity contribution is 6.30. The van der Waals surface area contributed by atoms with Gasteiger partial charge in [-0.1, -0.05) is 17.7 Å². The van der Waals surface area contributed by atoms with Crippen LogP contribution in [0, 0.1) is 5.92 Å². The molecular formula is C19H20ClN3O2. The standard InChI is InChI=1S/C19H20ClN3O2/c20-17-5-3-16(4-6-17)19(25)23-10-7-15(8-11-23)18(24)22-13-14-2-1-9-21-12-14/h1-6,9,12,15H,7-8,10-11,13H2,(H,22,24). The summed E-state index contributed by atoms with van der Waals surface area (Å²) >= 11 is 5.86. The lowest BCUT2D eigenvalue weighted by atomic mass is 9.95. The van der Waals surface area contributed by atoms with E-state index in [9.17, 15) is 9.59 Å². The molecule has 0 atom stereocenters. The first kappa shape index (κ1) is 17.4. The van der Waals surface area contributed by atoms with E-state index in [0.717, 1.165) is 5.56 Å². The number of rotatable bonds is 4. The van der Waals surface area contributed by atoms with Crippen LogP contribution in [0.25, 0.3) is 0 Å². The van der Waals surface area contributed by atoms with Crippen LogP contribution in [0.4, 0.5) is 0 Å². The van der Waals surface area contributed by atoms with Gasteiger partial charge < -0.3 is 10.2 Å². The normalized spacial score (nSPS) is 15.0. The van der Waals surface area contributed by atoms with Crippen molar-refractivity contribution in [3.05, 3.63) is 64.9 Å². The number of halogens is 1. The molecule has 0 radical (unpaired) electrons. The van der Waals surface area contributed by atoms with Gasteiger partial charge in [0.05, 0.1) is 0 Å². The monoisotopic (exact) mass is 357 g/mol.